The predicted molar refractivity (Wildman–Crippen MR) is 68.3 cm³/mol. The quantitative estimate of drug-likeness (QED) is 0.710. The molecule has 2 heterocycles. The highest BCUT2D eigenvalue weighted by Gasteiger charge is 2.44. The van der Waals surface area contributed by atoms with Crippen molar-refractivity contribution in [1.82, 2.24) is 15.2 Å². The third-order valence-electron chi connectivity index (χ3n) is 2.98. The van der Waals surface area contributed by atoms with Gasteiger partial charge >= 0.3 is 0 Å². The Kier molecular flexibility index (Phi) is 3.38. The Morgan fingerprint density at radius 3 is 2.84 bits per heavy atom. The molecule has 1 aromatic rings. The summed E-state index contributed by atoms with van der Waals surface area (Å²) in [5, 5.41) is 4.43. The second-order valence-electron chi connectivity index (χ2n) is 4.66. The Morgan fingerprint density at radius 1 is 1.58 bits per heavy atom. The van der Waals surface area contributed by atoms with Gasteiger partial charge in [0.1, 0.15) is 22.8 Å². The first kappa shape index (κ1) is 13.6. The molecule has 1 fully saturated rings. The number of imide groups is 1. The monoisotopic (exact) mass is 282 g/mol. The molecule has 0 aliphatic carbocycles. The number of carbonyl (C=O) groups is 3. The zero-order chi connectivity index (χ0) is 14.2. The van der Waals surface area contributed by atoms with E-state index in [1.165, 1.54) is 16.2 Å². The summed E-state index contributed by atoms with van der Waals surface area (Å²) in [5.41, 5.74) is 4.57. The molecule has 102 valence electrons. The summed E-state index contributed by atoms with van der Waals surface area (Å²) in [5.74, 6) is -1.43. The molecule has 0 aromatic carbocycles. The molecule has 0 radical (unpaired) electrons. The molecule has 2 rings (SSSR count). The summed E-state index contributed by atoms with van der Waals surface area (Å²) >= 11 is 1.27. The Labute approximate surface area is 113 Å². The van der Waals surface area contributed by atoms with Gasteiger partial charge < -0.3 is 10.6 Å². The molecule has 0 bridgehead atoms. The number of rotatable bonds is 2. The van der Waals surface area contributed by atoms with Gasteiger partial charge in [-0.1, -0.05) is 0 Å². The molecule has 8 heteroatoms. The van der Waals surface area contributed by atoms with Crippen molar-refractivity contribution >= 4 is 29.1 Å². The van der Waals surface area contributed by atoms with Gasteiger partial charge in [0.25, 0.3) is 11.8 Å². The smallest absolute Gasteiger partial charge is 0.274 e. The lowest BCUT2D eigenvalue weighted by molar-refractivity contribution is -0.143. The molecular formula is C11H14N4O3S. The van der Waals surface area contributed by atoms with E-state index in [0.29, 0.717) is 5.01 Å². The van der Waals surface area contributed by atoms with Crippen molar-refractivity contribution in [3.05, 3.63) is 16.1 Å². The summed E-state index contributed by atoms with van der Waals surface area (Å²) in [6.07, 6.45) is 0. The van der Waals surface area contributed by atoms with Gasteiger partial charge in [0, 0.05) is 11.9 Å². The van der Waals surface area contributed by atoms with Crippen LogP contribution in [0.2, 0.25) is 0 Å². The maximum atomic E-state index is 12.3. The number of hydrogen-bond acceptors (Lipinski definition) is 6. The number of nitrogens with zero attached hydrogens (tertiary/aromatic N) is 2. The Morgan fingerprint density at radius 2 is 2.26 bits per heavy atom. The topological polar surface area (TPSA) is 105 Å². The average Bonchev–Trinajstić information content (AvgIpc) is 2.82. The van der Waals surface area contributed by atoms with Crippen LogP contribution in [-0.2, 0) is 16.1 Å². The van der Waals surface area contributed by atoms with Crippen LogP contribution in [0, 0.1) is 0 Å². The molecule has 3 amide bonds. The SMILES string of the molecule is CC1(C)C(=O)NC(=O)CN1C(=O)c1csc(CN)n1. The normalized spacial score (nSPS) is 18.4. The summed E-state index contributed by atoms with van der Waals surface area (Å²) in [6, 6.07) is 0. The van der Waals surface area contributed by atoms with E-state index in [9.17, 15) is 14.4 Å². The van der Waals surface area contributed by atoms with Crippen LogP contribution in [0.15, 0.2) is 5.38 Å². The van der Waals surface area contributed by atoms with Crippen molar-refractivity contribution in [2.75, 3.05) is 6.54 Å². The first-order valence-electron chi connectivity index (χ1n) is 5.67. The summed E-state index contributed by atoms with van der Waals surface area (Å²) < 4.78 is 0. The van der Waals surface area contributed by atoms with Crippen molar-refractivity contribution in [2.45, 2.75) is 25.9 Å². The zero-order valence-corrected chi connectivity index (χ0v) is 11.4. The second kappa shape index (κ2) is 4.71. The lowest BCUT2D eigenvalue weighted by Gasteiger charge is -2.39. The van der Waals surface area contributed by atoms with Gasteiger partial charge in [0.05, 0.1) is 0 Å². The van der Waals surface area contributed by atoms with Crippen LogP contribution in [0.4, 0.5) is 0 Å². The van der Waals surface area contributed by atoms with E-state index in [1.54, 1.807) is 19.2 Å². The van der Waals surface area contributed by atoms with E-state index in [4.69, 9.17) is 5.73 Å². The Balaban J connectivity index is 2.30. The number of aromatic nitrogens is 1. The Hall–Kier alpha value is -1.80. The number of thiazole rings is 1. The van der Waals surface area contributed by atoms with Crippen molar-refractivity contribution in [1.29, 1.82) is 0 Å². The third-order valence-corrected chi connectivity index (χ3v) is 3.85. The van der Waals surface area contributed by atoms with E-state index in [1.807, 2.05) is 0 Å². The van der Waals surface area contributed by atoms with Crippen LogP contribution in [0.5, 0.6) is 0 Å². The largest absolute Gasteiger partial charge is 0.325 e. The molecule has 0 saturated carbocycles. The molecule has 19 heavy (non-hydrogen) atoms. The number of piperazine rings is 1. The molecule has 3 N–H and O–H groups in total. The van der Waals surface area contributed by atoms with Crippen LogP contribution in [0.3, 0.4) is 0 Å². The van der Waals surface area contributed by atoms with Crippen LogP contribution in [0.1, 0.15) is 29.3 Å². The minimum absolute atomic E-state index is 0.160. The molecule has 1 aliphatic rings. The second-order valence-corrected chi connectivity index (χ2v) is 5.60. The van der Waals surface area contributed by atoms with Crippen molar-refractivity contribution in [3.63, 3.8) is 0 Å². The number of hydrogen-bond donors (Lipinski definition) is 2. The number of amides is 3. The third kappa shape index (κ3) is 2.36. The van der Waals surface area contributed by atoms with Crippen LogP contribution in [-0.4, -0.2) is 39.7 Å². The molecule has 0 spiro atoms. The van der Waals surface area contributed by atoms with Gasteiger partial charge in [-0.25, -0.2) is 4.98 Å². The molecule has 1 saturated heterocycles. The number of nitrogens with two attached hydrogens (primary N) is 1. The molecular weight excluding hydrogens is 268 g/mol. The van der Waals surface area contributed by atoms with E-state index < -0.39 is 23.3 Å². The van der Waals surface area contributed by atoms with E-state index in [2.05, 4.69) is 10.3 Å². The standard InChI is InChI=1S/C11H14N4O3S/c1-11(2)10(18)14-7(16)4-15(11)9(17)6-5-19-8(3-12)13-6/h5H,3-4,12H2,1-2H3,(H,14,16,18). The van der Waals surface area contributed by atoms with Gasteiger partial charge in [0.15, 0.2) is 0 Å². The molecule has 0 unspecified atom stereocenters. The van der Waals surface area contributed by atoms with Gasteiger partial charge in [-0.3, -0.25) is 19.7 Å². The molecule has 0 atom stereocenters. The van der Waals surface area contributed by atoms with Gasteiger partial charge in [-0.05, 0) is 13.8 Å². The number of nitrogens with one attached hydrogen (secondary N) is 1. The minimum atomic E-state index is -1.09. The van der Waals surface area contributed by atoms with Crippen molar-refractivity contribution < 1.29 is 14.4 Å². The Bertz CT molecular complexity index is 552. The fourth-order valence-electron chi connectivity index (χ4n) is 1.75. The van der Waals surface area contributed by atoms with Gasteiger partial charge in [0.2, 0.25) is 5.91 Å². The number of carbonyl (C=O) groups excluding carboxylic acids is 3. The van der Waals surface area contributed by atoms with Crippen molar-refractivity contribution in [3.8, 4) is 0 Å². The molecule has 7 nitrogen and oxygen atoms in total. The van der Waals surface area contributed by atoms with Gasteiger partial charge in [-0.15, -0.1) is 11.3 Å². The van der Waals surface area contributed by atoms with Crippen molar-refractivity contribution in [2.24, 2.45) is 5.73 Å². The van der Waals surface area contributed by atoms with E-state index >= 15 is 0 Å². The first-order chi connectivity index (χ1) is 8.86. The highest BCUT2D eigenvalue weighted by Crippen LogP contribution is 2.21. The van der Waals surface area contributed by atoms with Crippen LogP contribution >= 0.6 is 11.3 Å². The highest BCUT2D eigenvalue weighted by molar-refractivity contribution is 7.09. The van der Waals surface area contributed by atoms with Gasteiger partial charge in [-0.2, -0.15) is 0 Å². The maximum absolute atomic E-state index is 12.3. The zero-order valence-electron chi connectivity index (χ0n) is 10.6. The predicted octanol–water partition coefficient (Wildman–Crippen LogP) is -0.521. The first-order valence-corrected chi connectivity index (χ1v) is 6.55. The maximum Gasteiger partial charge on any atom is 0.274 e. The fourth-order valence-corrected chi connectivity index (χ4v) is 2.40. The molecule has 1 aliphatic heterocycles. The highest BCUT2D eigenvalue weighted by atomic mass is 32.1. The van der Waals surface area contributed by atoms with Crippen LogP contribution < -0.4 is 11.1 Å². The van der Waals surface area contributed by atoms with Crippen LogP contribution in [0.25, 0.3) is 0 Å². The lowest BCUT2D eigenvalue weighted by atomic mass is 9.98. The summed E-state index contributed by atoms with van der Waals surface area (Å²) in [6.45, 7) is 3.26. The molecule has 1 aromatic heterocycles. The van der Waals surface area contributed by atoms with E-state index in [0.717, 1.165) is 0 Å². The fraction of sp³-hybridized carbons (Fsp3) is 0.455. The summed E-state index contributed by atoms with van der Waals surface area (Å²) in [7, 11) is 0. The minimum Gasteiger partial charge on any atom is -0.325 e. The lowest BCUT2D eigenvalue weighted by Crippen LogP contribution is -2.65. The summed E-state index contributed by atoms with van der Waals surface area (Å²) in [4.78, 5) is 40.8. The average molecular weight is 282 g/mol. The van der Waals surface area contributed by atoms with E-state index in [-0.39, 0.29) is 18.8 Å².